The lowest BCUT2D eigenvalue weighted by molar-refractivity contribution is 0.102. The Morgan fingerprint density at radius 3 is 2.80 bits per heavy atom. The van der Waals surface area contributed by atoms with Crippen LogP contribution in [0.1, 0.15) is 31.2 Å². The van der Waals surface area contributed by atoms with E-state index >= 15 is 0 Å². The number of nitrogens with one attached hydrogen (secondary N) is 1. The Balaban J connectivity index is 2.01. The predicted octanol–water partition coefficient (Wildman–Crippen LogP) is 1.96. The van der Waals surface area contributed by atoms with Crippen LogP contribution in [-0.4, -0.2) is 26.2 Å². The largest absolute Gasteiger partial charge is 0.393 e. The highest BCUT2D eigenvalue weighted by Crippen LogP contribution is 2.24. The lowest BCUT2D eigenvalue weighted by Gasteiger charge is -2.25. The van der Waals surface area contributed by atoms with Gasteiger partial charge in [0, 0.05) is 6.54 Å². The Morgan fingerprint density at radius 2 is 2.15 bits per heavy atom. The van der Waals surface area contributed by atoms with Gasteiger partial charge in [-0.1, -0.05) is 6.42 Å². The third-order valence-corrected chi connectivity index (χ3v) is 5.18. The van der Waals surface area contributed by atoms with E-state index in [1.165, 1.54) is 19.1 Å². The van der Waals surface area contributed by atoms with E-state index < -0.39 is 15.8 Å². The van der Waals surface area contributed by atoms with Crippen molar-refractivity contribution in [1.82, 2.24) is 4.72 Å². The van der Waals surface area contributed by atoms with Crippen LogP contribution in [0.2, 0.25) is 0 Å². The fraction of sp³-hybridized carbons (Fsp3) is 0.571. The average molecular weight is 301 g/mol. The second-order valence-corrected chi connectivity index (χ2v) is 7.22. The van der Waals surface area contributed by atoms with Crippen molar-refractivity contribution in [2.24, 2.45) is 5.92 Å². The van der Waals surface area contributed by atoms with Gasteiger partial charge in [0.05, 0.1) is 11.0 Å². The third-order valence-electron chi connectivity index (χ3n) is 3.76. The summed E-state index contributed by atoms with van der Waals surface area (Å²) in [6.45, 7) is 1.85. The summed E-state index contributed by atoms with van der Waals surface area (Å²) >= 11 is 0. The maximum atomic E-state index is 13.2. The number of hydrogen-bond donors (Lipinski definition) is 2. The van der Waals surface area contributed by atoms with Crippen LogP contribution in [0.25, 0.3) is 0 Å². The zero-order valence-corrected chi connectivity index (χ0v) is 12.3. The molecule has 0 aromatic heterocycles. The Kier molecular flexibility index (Phi) is 4.78. The van der Waals surface area contributed by atoms with Crippen molar-refractivity contribution in [2.45, 2.75) is 43.6 Å². The van der Waals surface area contributed by atoms with Gasteiger partial charge in [-0.25, -0.2) is 17.5 Å². The number of rotatable bonds is 4. The molecule has 2 unspecified atom stereocenters. The average Bonchev–Trinajstić information content (AvgIpc) is 2.40. The molecule has 4 nitrogen and oxygen atoms in total. The molecule has 20 heavy (non-hydrogen) atoms. The van der Waals surface area contributed by atoms with Gasteiger partial charge in [0.15, 0.2) is 0 Å². The quantitative estimate of drug-likeness (QED) is 0.893. The number of aliphatic hydroxyl groups excluding tert-OH is 1. The summed E-state index contributed by atoms with van der Waals surface area (Å²) in [4.78, 5) is 0.0766. The van der Waals surface area contributed by atoms with E-state index in [1.54, 1.807) is 0 Å². The summed E-state index contributed by atoms with van der Waals surface area (Å²) < 4.78 is 40.0. The van der Waals surface area contributed by atoms with Crippen LogP contribution >= 0.6 is 0 Å². The number of sulfonamides is 1. The molecule has 1 saturated carbocycles. The number of aliphatic hydroxyl groups is 1. The Hall–Kier alpha value is -0.980. The van der Waals surface area contributed by atoms with Gasteiger partial charge < -0.3 is 5.11 Å². The van der Waals surface area contributed by atoms with Crippen molar-refractivity contribution in [1.29, 1.82) is 0 Å². The number of hydrogen-bond acceptors (Lipinski definition) is 3. The lowest BCUT2D eigenvalue weighted by Crippen LogP contribution is -2.33. The maximum absolute atomic E-state index is 13.2. The SMILES string of the molecule is Cc1cc(S(=O)(=O)NCC2CCCC(O)C2)ccc1F. The molecule has 112 valence electrons. The van der Waals surface area contributed by atoms with Gasteiger partial charge in [0.25, 0.3) is 0 Å². The molecule has 1 aromatic rings. The van der Waals surface area contributed by atoms with Crippen LogP contribution in [0.5, 0.6) is 0 Å². The molecule has 1 aromatic carbocycles. The summed E-state index contributed by atoms with van der Waals surface area (Å²) in [6, 6.07) is 3.75. The second-order valence-electron chi connectivity index (χ2n) is 5.45. The fourth-order valence-electron chi connectivity index (χ4n) is 2.54. The van der Waals surface area contributed by atoms with Gasteiger partial charge in [-0.2, -0.15) is 0 Å². The van der Waals surface area contributed by atoms with Gasteiger partial charge in [0.1, 0.15) is 5.82 Å². The first-order valence-corrected chi connectivity index (χ1v) is 8.30. The van der Waals surface area contributed by atoms with Crippen molar-refractivity contribution in [3.63, 3.8) is 0 Å². The zero-order valence-electron chi connectivity index (χ0n) is 11.5. The van der Waals surface area contributed by atoms with E-state index in [0.717, 1.165) is 25.3 Å². The lowest BCUT2D eigenvalue weighted by atomic mass is 9.87. The topological polar surface area (TPSA) is 66.4 Å². The van der Waals surface area contributed by atoms with Crippen LogP contribution in [0.3, 0.4) is 0 Å². The van der Waals surface area contributed by atoms with E-state index in [9.17, 15) is 17.9 Å². The molecule has 2 N–H and O–H groups in total. The van der Waals surface area contributed by atoms with Crippen molar-refractivity contribution >= 4 is 10.0 Å². The van der Waals surface area contributed by atoms with Crippen molar-refractivity contribution in [3.8, 4) is 0 Å². The first-order valence-electron chi connectivity index (χ1n) is 6.82. The first-order chi connectivity index (χ1) is 9.38. The third kappa shape index (κ3) is 3.77. The van der Waals surface area contributed by atoms with Crippen LogP contribution < -0.4 is 4.72 Å². The Bertz CT molecular complexity index is 574. The molecule has 0 aliphatic heterocycles. The minimum absolute atomic E-state index is 0.0766. The van der Waals surface area contributed by atoms with E-state index in [-0.39, 0.29) is 16.9 Å². The summed E-state index contributed by atoms with van der Waals surface area (Å²) in [7, 11) is -3.61. The Labute approximate surface area is 119 Å². The fourth-order valence-corrected chi connectivity index (χ4v) is 3.74. The molecule has 0 spiro atoms. The van der Waals surface area contributed by atoms with Crippen LogP contribution in [-0.2, 0) is 10.0 Å². The molecule has 0 saturated heterocycles. The highest BCUT2D eigenvalue weighted by Gasteiger charge is 2.22. The van der Waals surface area contributed by atoms with E-state index in [2.05, 4.69) is 4.72 Å². The van der Waals surface area contributed by atoms with E-state index in [1.807, 2.05) is 0 Å². The molecule has 2 atom stereocenters. The van der Waals surface area contributed by atoms with Gasteiger partial charge >= 0.3 is 0 Å². The van der Waals surface area contributed by atoms with Crippen LogP contribution in [0.4, 0.5) is 4.39 Å². The standard InChI is InChI=1S/C14H20FNO3S/c1-10-7-13(5-6-14(10)15)20(18,19)16-9-11-3-2-4-12(17)8-11/h5-7,11-12,16-17H,2-4,8-9H2,1H3. The number of halogens is 1. The maximum Gasteiger partial charge on any atom is 0.240 e. The molecule has 1 aliphatic rings. The molecule has 1 aliphatic carbocycles. The minimum atomic E-state index is -3.61. The van der Waals surface area contributed by atoms with Gasteiger partial charge in [-0.15, -0.1) is 0 Å². The number of aryl methyl sites for hydroxylation is 1. The molecule has 0 heterocycles. The molecular weight excluding hydrogens is 281 g/mol. The second kappa shape index (κ2) is 6.20. The van der Waals surface area contributed by atoms with Crippen molar-refractivity contribution < 1.29 is 17.9 Å². The highest BCUT2D eigenvalue weighted by molar-refractivity contribution is 7.89. The molecule has 0 radical (unpaired) electrons. The monoisotopic (exact) mass is 301 g/mol. The summed E-state index contributed by atoms with van der Waals surface area (Å²) in [5.41, 5.74) is 0.306. The Morgan fingerprint density at radius 1 is 1.40 bits per heavy atom. The molecule has 1 fully saturated rings. The summed E-state index contributed by atoms with van der Waals surface area (Å²) in [6.07, 6.45) is 2.93. The zero-order chi connectivity index (χ0) is 14.8. The molecule has 0 bridgehead atoms. The van der Waals surface area contributed by atoms with Crippen molar-refractivity contribution in [2.75, 3.05) is 6.54 Å². The van der Waals surface area contributed by atoms with Gasteiger partial charge in [0.2, 0.25) is 10.0 Å². The minimum Gasteiger partial charge on any atom is -0.393 e. The predicted molar refractivity (Wildman–Crippen MR) is 74.3 cm³/mol. The molecule has 6 heteroatoms. The van der Waals surface area contributed by atoms with Crippen LogP contribution in [0, 0.1) is 18.7 Å². The van der Waals surface area contributed by atoms with Gasteiger partial charge in [-0.05, 0) is 55.9 Å². The van der Waals surface area contributed by atoms with Gasteiger partial charge in [-0.3, -0.25) is 0 Å². The molecule has 0 amide bonds. The summed E-state index contributed by atoms with van der Waals surface area (Å²) in [5.74, 6) is -0.255. The highest BCUT2D eigenvalue weighted by atomic mass is 32.2. The normalized spacial score (nSPS) is 23.8. The number of benzene rings is 1. The first kappa shape index (κ1) is 15.4. The summed E-state index contributed by atoms with van der Waals surface area (Å²) in [5, 5.41) is 9.57. The van der Waals surface area contributed by atoms with E-state index in [4.69, 9.17) is 0 Å². The molecule has 2 rings (SSSR count). The van der Waals surface area contributed by atoms with E-state index in [0.29, 0.717) is 18.5 Å². The molecular formula is C14H20FNO3S. The van der Waals surface area contributed by atoms with Crippen molar-refractivity contribution in [3.05, 3.63) is 29.6 Å². The smallest absolute Gasteiger partial charge is 0.240 e. The van der Waals surface area contributed by atoms with Crippen LogP contribution in [0.15, 0.2) is 23.1 Å².